The van der Waals surface area contributed by atoms with Crippen LogP contribution in [0.4, 0.5) is 0 Å². The molecule has 1 heterocycles. The van der Waals surface area contributed by atoms with Crippen molar-refractivity contribution in [2.24, 2.45) is 4.99 Å². The van der Waals surface area contributed by atoms with Gasteiger partial charge in [-0.2, -0.15) is 5.10 Å². The summed E-state index contributed by atoms with van der Waals surface area (Å²) in [7, 11) is 0. The molecule has 0 amide bonds. The van der Waals surface area contributed by atoms with Crippen molar-refractivity contribution >= 4 is 29.9 Å². The normalized spacial score (nSPS) is 11.1. The van der Waals surface area contributed by atoms with Gasteiger partial charge in [0.1, 0.15) is 0 Å². The van der Waals surface area contributed by atoms with Crippen LogP contribution in [0.1, 0.15) is 25.8 Å². The lowest BCUT2D eigenvalue weighted by Crippen LogP contribution is -2.39. The highest BCUT2D eigenvalue weighted by Gasteiger charge is 1.97. The average molecular weight is 409 g/mol. The van der Waals surface area contributed by atoms with E-state index in [0.29, 0.717) is 6.61 Å². The summed E-state index contributed by atoms with van der Waals surface area (Å²) in [5.74, 6) is 0.851. The topological polar surface area (TPSA) is 63.5 Å². The minimum absolute atomic E-state index is 0. The first-order chi connectivity index (χ1) is 9.76. The molecule has 0 spiro atoms. The molecular formula is C14H28IN5O. The lowest BCUT2D eigenvalue weighted by Gasteiger charge is -2.11. The number of hydrogen-bond donors (Lipinski definition) is 2. The largest absolute Gasteiger partial charge is 0.380 e. The van der Waals surface area contributed by atoms with Gasteiger partial charge in [0.15, 0.2) is 5.96 Å². The van der Waals surface area contributed by atoms with E-state index in [-0.39, 0.29) is 24.0 Å². The summed E-state index contributed by atoms with van der Waals surface area (Å²) in [6, 6.07) is 0. The fourth-order valence-electron chi connectivity index (χ4n) is 1.74. The molecule has 6 nitrogen and oxygen atoms in total. The van der Waals surface area contributed by atoms with Crippen LogP contribution in [0.2, 0.25) is 0 Å². The molecule has 1 rings (SSSR count). The van der Waals surface area contributed by atoms with Gasteiger partial charge in [-0.05, 0) is 32.8 Å². The number of aliphatic imine (C=N–C) groups is 1. The predicted octanol–water partition coefficient (Wildman–Crippen LogP) is 1.79. The van der Waals surface area contributed by atoms with E-state index >= 15 is 0 Å². The van der Waals surface area contributed by atoms with E-state index in [0.717, 1.165) is 45.2 Å². The van der Waals surface area contributed by atoms with Gasteiger partial charge in [-0.15, -0.1) is 24.0 Å². The molecular weight excluding hydrogens is 381 g/mol. The Bertz CT molecular complexity index is 394. The van der Waals surface area contributed by atoms with Gasteiger partial charge >= 0.3 is 0 Å². The fraction of sp³-hybridized carbons (Fsp3) is 0.714. The van der Waals surface area contributed by atoms with E-state index in [1.807, 2.05) is 24.7 Å². The first-order valence-electron chi connectivity index (χ1n) is 7.35. The van der Waals surface area contributed by atoms with Crippen LogP contribution in [0.25, 0.3) is 0 Å². The molecule has 122 valence electrons. The van der Waals surface area contributed by atoms with Gasteiger partial charge in [0.2, 0.25) is 0 Å². The zero-order valence-corrected chi connectivity index (χ0v) is 15.6. The van der Waals surface area contributed by atoms with Crippen molar-refractivity contribution in [1.29, 1.82) is 0 Å². The molecule has 0 aliphatic rings. The van der Waals surface area contributed by atoms with Gasteiger partial charge in [0.25, 0.3) is 0 Å². The van der Waals surface area contributed by atoms with Gasteiger partial charge in [-0.1, -0.05) is 0 Å². The first kappa shape index (κ1) is 20.2. The number of ether oxygens (including phenoxy) is 1. The second-order valence-corrected chi connectivity index (χ2v) is 4.52. The van der Waals surface area contributed by atoms with Gasteiger partial charge < -0.3 is 15.4 Å². The number of aryl methyl sites for hydroxylation is 2. The van der Waals surface area contributed by atoms with Crippen molar-refractivity contribution < 1.29 is 4.74 Å². The predicted molar refractivity (Wildman–Crippen MR) is 97.5 cm³/mol. The van der Waals surface area contributed by atoms with Gasteiger partial charge in [0, 0.05) is 39.0 Å². The summed E-state index contributed by atoms with van der Waals surface area (Å²) in [5.41, 5.74) is 1.19. The minimum atomic E-state index is 0. The van der Waals surface area contributed by atoms with Crippen LogP contribution in [0.5, 0.6) is 0 Å². The van der Waals surface area contributed by atoms with Crippen LogP contribution in [0.3, 0.4) is 0 Å². The monoisotopic (exact) mass is 409 g/mol. The Kier molecular flexibility index (Phi) is 12.4. The van der Waals surface area contributed by atoms with Crippen LogP contribution >= 0.6 is 24.0 Å². The maximum absolute atomic E-state index is 5.29. The molecule has 0 unspecified atom stereocenters. The number of hydrogen-bond acceptors (Lipinski definition) is 3. The molecule has 0 radical (unpaired) electrons. The van der Waals surface area contributed by atoms with Gasteiger partial charge in [-0.25, -0.2) is 0 Å². The zero-order chi connectivity index (χ0) is 14.6. The maximum atomic E-state index is 5.29. The average Bonchev–Trinajstić information content (AvgIpc) is 2.85. The molecule has 0 fully saturated rings. The van der Waals surface area contributed by atoms with Crippen LogP contribution in [0, 0.1) is 6.92 Å². The number of nitrogens with zero attached hydrogens (tertiary/aromatic N) is 3. The van der Waals surface area contributed by atoms with Crippen molar-refractivity contribution in [2.45, 2.75) is 33.7 Å². The summed E-state index contributed by atoms with van der Waals surface area (Å²) in [5, 5.41) is 10.7. The lowest BCUT2D eigenvalue weighted by atomic mass is 10.4. The number of rotatable bonds is 9. The molecule has 21 heavy (non-hydrogen) atoms. The second-order valence-electron chi connectivity index (χ2n) is 4.52. The number of halogens is 1. The fourth-order valence-corrected chi connectivity index (χ4v) is 1.74. The summed E-state index contributed by atoms with van der Waals surface area (Å²) in [6.07, 6.45) is 4.90. The number of aromatic nitrogens is 2. The quantitative estimate of drug-likeness (QED) is 0.283. The Labute approximate surface area is 144 Å². The lowest BCUT2D eigenvalue weighted by molar-refractivity contribution is 0.152. The third-order valence-electron chi connectivity index (χ3n) is 2.66. The second kappa shape index (κ2) is 12.9. The number of nitrogens with one attached hydrogen (secondary N) is 2. The van der Waals surface area contributed by atoms with E-state index in [4.69, 9.17) is 4.74 Å². The SMILES string of the molecule is CCNC(=NCCCn1cc(C)cn1)NCCOCC.I. The first-order valence-corrected chi connectivity index (χ1v) is 7.35. The minimum Gasteiger partial charge on any atom is -0.380 e. The van der Waals surface area contributed by atoms with E-state index in [9.17, 15) is 0 Å². The van der Waals surface area contributed by atoms with Crippen LogP contribution in [-0.4, -0.2) is 48.6 Å². The molecule has 7 heteroatoms. The van der Waals surface area contributed by atoms with Crippen molar-refractivity contribution in [2.75, 3.05) is 32.8 Å². The smallest absolute Gasteiger partial charge is 0.191 e. The van der Waals surface area contributed by atoms with E-state index in [2.05, 4.69) is 33.8 Å². The summed E-state index contributed by atoms with van der Waals surface area (Å²) < 4.78 is 7.25. The van der Waals surface area contributed by atoms with Crippen LogP contribution in [-0.2, 0) is 11.3 Å². The van der Waals surface area contributed by atoms with Crippen LogP contribution in [0.15, 0.2) is 17.4 Å². The van der Waals surface area contributed by atoms with Crippen molar-refractivity contribution in [3.63, 3.8) is 0 Å². The Hall–Kier alpha value is -0.830. The zero-order valence-electron chi connectivity index (χ0n) is 13.3. The molecule has 0 aromatic carbocycles. The molecule has 0 saturated heterocycles. The Morgan fingerprint density at radius 3 is 2.81 bits per heavy atom. The maximum Gasteiger partial charge on any atom is 0.191 e. The van der Waals surface area contributed by atoms with E-state index < -0.39 is 0 Å². The van der Waals surface area contributed by atoms with Crippen molar-refractivity contribution in [3.05, 3.63) is 18.0 Å². The van der Waals surface area contributed by atoms with E-state index in [1.165, 1.54) is 5.56 Å². The molecule has 2 N–H and O–H groups in total. The van der Waals surface area contributed by atoms with Crippen molar-refractivity contribution in [1.82, 2.24) is 20.4 Å². The standard InChI is InChI=1S/C14H27N5O.HI/c1-4-15-14(17-8-10-20-5-2)16-7-6-9-19-12-13(3)11-18-19;/h11-12H,4-10H2,1-3H3,(H2,15,16,17);1H. The Morgan fingerprint density at radius 1 is 1.38 bits per heavy atom. The van der Waals surface area contributed by atoms with Gasteiger partial charge in [-0.3, -0.25) is 9.67 Å². The molecule has 0 aliphatic carbocycles. The third kappa shape index (κ3) is 9.67. The van der Waals surface area contributed by atoms with Crippen LogP contribution < -0.4 is 10.6 Å². The molecule has 0 bridgehead atoms. The highest BCUT2D eigenvalue weighted by Crippen LogP contribution is 1.96. The highest BCUT2D eigenvalue weighted by molar-refractivity contribution is 14.0. The van der Waals surface area contributed by atoms with Crippen molar-refractivity contribution in [3.8, 4) is 0 Å². The van der Waals surface area contributed by atoms with Gasteiger partial charge in [0.05, 0.1) is 12.8 Å². The molecule has 0 aliphatic heterocycles. The molecule has 1 aromatic heterocycles. The molecule has 0 atom stereocenters. The summed E-state index contributed by atoms with van der Waals surface area (Å²) in [4.78, 5) is 4.53. The van der Waals surface area contributed by atoms with E-state index in [1.54, 1.807) is 0 Å². The summed E-state index contributed by atoms with van der Waals surface area (Å²) in [6.45, 7) is 10.9. The Balaban J connectivity index is 0.00000400. The highest BCUT2D eigenvalue weighted by atomic mass is 127. The Morgan fingerprint density at radius 2 is 2.19 bits per heavy atom. The third-order valence-corrected chi connectivity index (χ3v) is 2.66. The molecule has 0 saturated carbocycles. The summed E-state index contributed by atoms with van der Waals surface area (Å²) >= 11 is 0. The number of guanidine groups is 1. The molecule has 1 aromatic rings.